The van der Waals surface area contributed by atoms with Crippen molar-refractivity contribution in [2.75, 3.05) is 31.1 Å². The minimum absolute atomic E-state index is 0.0970. The summed E-state index contributed by atoms with van der Waals surface area (Å²) in [6.45, 7) is 2.17. The van der Waals surface area contributed by atoms with E-state index in [4.69, 9.17) is 9.47 Å². The van der Waals surface area contributed by atoms with E-state index in [-0.39, 0.29) is 25.0 Å². The lowest BCUT2D eigenvalue weighted by atomic mass is 10.2. The summed E-state index contributed by atoms with van der Waals surface area (Å²) in [6, 6.07) is 16.9. The van der Waals surface area contributed by atoms with E-state index in [9.17, 15) is 20.1 Å². The van der Waals surface area contributed by atoms with Crippen LogP contribution in [0, 0.1) is 0 Å². The Morgan fingerprint density at radius 2 is 1.63 bits per heavy atom. The van der Waals surface area contributed by atoms with Gasteiger partial charge in [0.25, 0.3) is 0 Å². The molecule has 1 aliphatic heterocycles. The van der Waals surface area contributed by atoms with Gasteiger partial charge in [0.2, 0.25) is 11.8 Å². The molecule has 2 aromatic carbocycles. The first kappa shape index (κ1) is 23.3. The third kappa shape index (κ3) is 5.00. The summed E-state index contributed by atoms with van der Waals surface area (Å²) in [5, 5.41) is 30.7. The van der Waals surface area contributed by atoms with Gasteiger partial charge in [-0.1, -0.05) is 42.5 Å². The molecule has 0 unspecified atom stereocenters. The zero-order valence-electron chi connectivity index (χ0n) is 19.1. The van der Waals surface area contributed by atoms with Gasteiger partial charge in [0, 0.05) is 32.6 Å². The van der Waals surface area contributed by atoms with E-state index < -0.39 is 24.4 Å². The zero-order valence-corrected chi connectivity index (χ0v) is 19.1. The van der Waals surface area contributed by atoms with Gasteiger partial charge in [-0.3, -0.25) is 0 Å². The Hall–Kier alpha value is -3.47. The fourth-order valence-electron chi connectivity index (χ4n) is 4.39. The molecule has 1 aromatic heterocycles. The first-order valence-corrected chi connectivity index (χ1v) is 11.7. The van der Waals surface area contributed by atoms with E-state index in [0.29, 0.717) is 43.0 Å². The lowest BCUT2D eigenvalue weighted by molar-refractivity contribution is -0.0370. The Labute approximate surface area is 202 Å². The molecule has 3 aromatic rings. The largest absolute Gasteiger partial charge is 0.471 e. The number of fused-ring (bicyclic) bond motifs is 1. The van der Waals surface area contributed by atoms with Gasteiger partial charge in [-0.25, -0.2) is 9.78 Å². The Morgan fingerprint density at radius 1 is 0.914 bits per heavy atom. The van der Waals surface area contributed by atoms with Crippen molar-refractivity contribution < 1.29 is 29.6 Å². The number of aliphatic hydroxyl groups is 3. The Kier molecular flexibility index (Phi) is 6.67. The molecular weight excluding hydrogens is 452 g/mol. The monoisotopic (exact) mass is 480 g/mol. The Morgan fingerprint density at radius 3 is 2.34 bits per heavy atom. The minimum atomic E-state index is -1.26. The highest BCUT2D eigenvalue weighted by atomic mass is 16.6. The number of aromatic nitrogens is 2. The van der Waals surface area contributed by atoms with Crippen LogP contribution < -0.4 is 9.64 Å². The van der Waals surface area contributed by atoms with E-state index >= 15 is 0 Å². The van der Waals surface area contributed by atoms with E-state index in [1.165, 1.54) is 0 Å². The molecule has 10 heteroatoms. The number of carbonyl (C=O) groups is 1. The maximum absolute atomic E-state index is 12.5. The Balaban J connectivity index is 1.27. The number of piperazine rings is 1. The smallest absolute Gasteiger partial charge is 0.410 e. The number of nitrogens with zero attached hydrogens (tertiary/aromatic N) is 4. The number of aliphatic hydroxyl groups excluding tert-OH is 3. The molecule has 10 nitrogen and oxygen atoms in total. The summed E-state index contributed by atoms with van der Waals surface area (Å²) in [5.41, 5.74) is 1.61. The first-order chi connectivity index (χ1) is 17.0. The van der Waals surface area contributed by atoms with Gasteiger partial charge in [-0.2, -0.15) is 4.98 Å². The average Bonchev–Trinajstić information content (AvgIpc) is 3.14. The summed E-state index contributed by atoms with van der Waals surface area (Å²) in [5.74, 6) is 0.727. The number of para-hydroxylation sites is 1. The minimum Gasteiger partial charge on any atom is -0.471 e. The standard InChI is InChI=1S/C25H28N4O6/c30-19-14-20(22(32)21(19)31)35-23-17-8-4-5-9-18(17)26-24(27-23)28-10-12-29(13-11-28)25(33)34-15-16-6-2-1-3-7-16/h1-9,19-22,30-32H,10-15H2/t19-,20+,21+,22-/m1/s1. The van der Waals surface area contributed by atoms with Crippen LogP contribution in [0.1, 0.15) is 12.0 Å². The second kappa shape index (κ2) is 10.0. The van der Waals surface area contributed by atoms with Gasteiger partial charge in [-0.15, -0.1) is 0 Å². The number of anilines is 1. The van der Waals surface area contributed by atoms with Gasteiger partial charge < -0.3 is 34.6 Å². The van der Waals surface area contributed by atoms with Crippen molar-refractivity contribution in [1.82, 2.24) is 14.9 Å². The molecular formula is C25H28N4O6. The molecule has 2 fully saturated rings. The van der Waals surface area contributed by atoms with Gasteiger partial charge in [0.15, 0.2) is 0 Å². The highest BCUT2D eigenvalue weighted by Crippen LogP contribution is 2.31. The molecule has 5 rings (SSSR count). The van der Waals surface area contributed by atoms with Crippen molar-refractivity contribution in [2.45, 2.75) is 37.4 Å². The molecule has 2 heterocycles. The van der Waals surface area contributed by atoms with Crippen LogP contribution in [0.25, 0.3) is 10.9 Å². The molecule has 35 heavy (non-hydrogen) atoms. The summed E-state index contributed by atoms with van der Waals surface area (Å²) in [6.07, 6.45) is -4.58. The van der Waals surface area contributed by atoms with Crippen molar-refractivity contribution >= 4 is 22.9 Å². The van der Waals surface area contributed by atoms with Crippen molar-refractivity contribution in [3.63, 3.8) is 0 Å². The quantitative estimate of drug-likeness (QED) is 0.495. The lowest BCUT2D eigenvalue weighted by Gasteiger charge is -2.34. The van der Waals surface area contributed by atoms with Crippen LogP contribution in [0.2, 0.25) is 0 Å². The summed E-state index contributed by atoms with van der Waals surface area (Å²) in [4.78, 5) is 25.4. The second-order valence-electron chi connectivity index (χ2n) is 8.80. The Bertz CT molecular complexity index is 1170. The summed E-state index contributed by atoms with van der Waals surface area (Å²) >= 11 is 0. The fourth-order valence-corrected chi connectivity index (χ4v) is 4.39. The molecule has 4 atom stereocenters. The van der Waals surface area contributed by atoms with Crippen molar-refractivity contribution in [3.05, 3.63) is 60.2 Å². The highest BCUT2D eigenvalue weighted by molar-refractivity contribution is 5.84. The zero-order chi connectivity index (χ0) is 24.4. The second-order valence-corrected chi connectivity index (χ2v) is 8.80. The predicted molar refractivity (Wildman–Crippen MR) is 127 cm³/mol. The predicted octanol–water partition coefficient (Wildman–Crippen LogP) is 1.32. The molecule has 1 saturated carbocycles. The molecule has 0 radical (unpaired) electrons. The number of benzene rings is 2. The number of hydrogen-bond donors (Lipinski definition) is 3. The van der Waals surface area contributed by atoms with Crippen LogP contribution in [0.5, 0.6) is 5.88 Å². The van der Waals surface area contributed by atoms with Gasteiger partial charge in [0.05, 0.1) is 17.0 Å². The van der Waals surface area contributed by atoms with Crippen molar-refractivity contribution in [3.8, 4) is 5.88 Å². The van der Waals surface area contributed by atoms with Crippen LogP contribution in [-0.4, -0.2) is 86.9 Å². The maximum Gasteiger partial charge on any atom is 0.410 e. The van der Waals surface area contributed by atoms with Crippen LogP contribution in [0.15, 0.2) is 54.6 Å². The normalized spacial score (nSPS) is 24.5. The molecule has 1 amide bonds. The topological polar surface area (TPSA) is 128 Å². The molecule has 0 bridgehead atoms. The number of hydrogen-bond acceptors (Lipinski definition) is 9. The number of carbonyl (C=O) groups excluding carboxylic acids is 1. The highest BCUT2D eigenvalue weighted by Gasteiger charge is 2.42. The summed E-state index contributed by atoms with van der Waals surface area (Å²) in [7, 11) is 0. The van der Waals surface area contributed by atoms with Crippen molar-refractivity contribution in [1.29, 1.82) is 0 Å². The number of ether oxygens (including phenoxy) is 2. The lowest BCUT2D eigenvalue weighted by Crippen LogP contribution is -2.49. The SMILES string of the molecule is O=C(OCc1ccccc1)N1CCN(c2nc(O[C@H]3C[C@@H](O)[C@H](O)[C@@H]3O)c3ccccc3n2)CC1. The van der Waals surface area contributed by atoms with Crippen LogP contribution >= 0.6 is 0 Å². The van der Waals surface area contributed by atoms with Crippen molar-refractivity contribution in [2.24, 2.45) is 0 Å². The summed E-state index contributed by atoms with van der Waals surface area (Å²) < 4.78 is 11.4. The number of amides is 1. The van der Waals surface area contributed by atoms with Crippen LogP contribution in [0.4, 0.5) is 10.7 Å². The van der Waals surface area contributed by atoms with E-state index in [2.05, 4.69) is 9.97 Å². The molecule has 3 N–H and O–H groups in total. The number of rotatable bonds is 5. The van der Waals surface area contributed by atoms with Gasteiger partial charge in [0.1, 0.15) is 24.9 Å². The van der Waals surface area contributed by atoms with Gasteiger partial charge in [-0.05, 0) is 17.7 Å². The molecule has 184 valence electrons. The molecule has 0 spiro atoms. The fraction of sp³-hybridized carbons (Fsp3) is 0.400. The molecule has 2 aliphatic rings. The van der Waals surface area contributed by atoms with E-state index in [0.717, 1.165) is 5.56 Å². The maximum atomic E-state index is 12.5. The van der Waals surface area contributed by atoms with Gasteiger partial charge >= 0.3 is 6.09 Å². The van der Waals surface area contributed by atoms with E-state index in [1.807, 2.05) is 59.5 Å². The van der Waals surface area contributed by atoms with Crippen LogP contribution in [-0.2, 0) is 11.3 Å². The average molecular weight is 481 g/mol. The third-order valence-corrected chi connectivity index (χ3v) is 6.44. The first-order valence-electron chi connectivity index (χ1n) is 11.7. The molecule has 1 aliphatic carbocycles. The third-order valence-electron chi connectivity index (χ3n) is 6.44. The van der Waals surface area contributed by atoms with E-state index in [1.54, 1.807) is 4.90 Å². The molecule has 1 saturated heterocycles. The van der Waals surface area contributed by atoms with Crippen LogP contribution in [0.3, 0.4) is 0 Å².